The van der Waals surface area contributed by atoms with Crippen molar-refractivity contribution in [1.29, 1.82) is 0 Å². The van der Waals surface area contributed by atoms with E-state index >= 15 is 0 Å². The first kappa shape index (κ1) is 16.5. The van der Waals surface area contributed by atoms with Gasteiger partial charge in [-0.2, -0.15) is 0 Å². The van der Waals surface area contributed by atoms with Gasteiger partial charge in [-0.15, -0.1) is 0 Å². The molecule has 0 radical (unpaired) electrons. The molecule has 0 fully saturated rings. The van der Waals surface area contributed by atoms with Crippen molar-refractivity contribution in [2.75, 3.05) is 14.1 Å². The lowest BCUT2D eigenvalue weighted by Gasteiger charge is -2.30. The number of quaternary nitrogens is 1. The maximum absolute atomic E-state index is 13.0. The summed E-state index contributed by atoms with van der Waals surface area (Å²) >= 11 is 0. The number of rotatable bonds is 2. The highest BCUT2D eigenvalue weighted by molar-refractivity contribution is 7.91. The zero-order chi connectivity index (χ0) is 17.8. The first-order valence-corrected chi connectivity index (χ1v) is 10.1. The fourth-order valence-corrected chi connectivity index (χ4v) is 5.44. The predicted molar refractivity (Wildman–Crippen MR) is 101 cm³/mol. The quantitative estimate of drug-likeness (QED) is 0.841. The van der Waals surface area contributed by atoms with Crippen molar-refractivity contribution in [2.45, 2.75) is 35.1 Å². The summed E-state index contributed by atoms with van der Waals surface area (Å²) in [5, 5.41) is 0. The number of fused-ring (bicyclic) bond motifs is 2. The average Bonchev–Trinajstić information content (AvgIpc) is 2.82. The van der Waals surface area contributed by atoms with E-state index in [1.165, 1.54) is 11.3 Å². The number of nitrogens with two attached hydrogens (primary N) is 1. The average molecular weight is 355 g/mol. The molecule has 0 amide bonds. The summed E-state index contributed by atoms with van der Waals surface area (Å²) in [5.74, 6) is 0. The second kappa shape index (κ2) is 5.53. The van der Waals surface area contributed by atoms with Crippen LogP contribution in [0.2, 0.25) is 0 Å². The summed E-state index contributed by atoms with van der Waals surface area (Å²) in [6, 6.07) is 14.3. The Balaban J connectivity index is 1.87. The number of hydrogen-bond donors (Lipinski definition) is 1. The Morgan fingerprint density at radius 1 is 1.04 bits per heavy atom. The number of allylic oxidation sites excluding steroid dienone is 1. The van der Waals surface area contributed by atoms with E-state index in [1.54, 1.807) is 30.3 Å². The van der Waals surface area contributed by atoms with E-state index in [2.05, 4.69) is 14.1 Å². The van der Waals surface area contributed by atoms with E-state index in [0.717, 1.165) is 30.5 Å². The Hall–Kier alpha value is -1.95. The molecule has 0 spiro atoms. The van der Waals surface area contributed by atoms with Crippen LogP contribution in [0, 0.1) is 0 Å². The summed E-state index contributed by atoms with van der Waals surface area (Å²) in [7, 11) is 0.830. The standard InChI is InChI=1S/C20H23N2O2S/c1-22(2)19-10-8-14(21)12-17(19)18-13-16(9-11-20(18)22)25(23,24)15-6-4-3-5-7-15/h3-7,9,11,13-14H,8,10,12,21H2,1-2H3/q+1/t14-/m1/s1. The van der Waals surface area contributed by atoms with E-state index in [9.17, 15) is 8.42 Å². The summed E-state index contributed by atoms with van der Waals surface area (Å²) in [6.45, 7) is 0. The van der Waals surface area contributed by atoms with Gasteiger partial charge < -0.3 is 5.73 Å². The molecule has 25 heavy (non-hydrogen) atoms. The first-order chi connectivity index (χ1) is 11.8. The second-order valence-corrected chi connectivity index (χ2v) is 9.33. The molecule has 4 nitrogen and oxygen atoms in total. The van der Waals surface area contributed by atoms with Crippen molar-refractivity contribution in [3.8, 4) is 0 Å². The number of nitrogens with zero attached hydrogens (tertiary/aromatic N) is 1. The second-order valence-electron chi connectivity index (χ2n) is 7.38. The molecular weight excluding hydrogens is 332 g/mol. The Kier molecular flexibility index (Phi) is 3.65. The highest BCUT2D eigenvalue weighted by Gasteiger charge is 2.42. The van der Waals surface area contributed by atoms with Gasteiger partial charge in [0.05, 0.1) is 23.9 Å². The molecule has 1 aliphatic heterocycles. The fourth-order valence-electron chi connectivity index (χ4n) is 4.13. The molecule has 0 aromatic heterocycles. The van der Waals surface area contributed by atoms with Crippen molar-refractivity contribution in [2.24, 2.45) is 5.73 Å². The molecule has 2 aromatic carbocycles. The molecule has 1 aliphatic carbocycles. The summed E-state index contributed by atoms with van der Waals surface area (Å²) in [5.41, 5.74) is 11.0. The first-order valence-electron chi connectivity index (χ1n) is 8.59. The molecule has 2 aliphatic rings. The van der Waals surface area contributed by atoms with Crippen LogP contribution in [0.3, 0.4) is 0 Å². The minimum Gasteiger partial charge on any atom is -0.327 e. The third-order valence-electron chi connectivity index (χ3n) is 5.50. The zero-order valence-corrected chi connectivity index (χ0v) is 15.4. The highest BCUT2D eigenvalue weighted by Crippen LogP contribution is 2.49. The number of benzene rings is 2. The lowest BCUT2D eigenvalue weighted by atomic mass is 9.90. The van der Waals surface area contributed by atoms with Gasteiger partial charge in [0.2, 0.25) is 9.84 Å². The van der Waals surface area contributed by atoms with Crippen molar-refractivity contribution in [1.82, 2.24) is 4.48 Å². The third-order valence-corrected chi connectivity index (χ3v) is 7.27. The van der Waals surface area contributed by atoms with Gasteiger partial charge in [-0.25, -0.2) is 8.42 Å². The van der Waals surface area contributed by atoms with Crippen molar-refractivity contribution >= 4 is 21.1 Å². The van der Waals surface area contributed by atoms with E-state index in [1.807, 2.05) is 18.2 Å². The third kappa shape index (κ3) is 2.46. The largest absolute Gasteiger partial charge is 0.327 e. The van der Waals surface area contributed by atoms with Crippen LogP contribution in [0.1, 0.15) is 24.8 Å². The Bertz CT molecular complexity index is 976. The minimum absolute atomic E-state index is 0.152. The van der Waals surface area contributed by atoms with E-state index in [4.69, 9.17) is 5.73 Å². The molecular formula is C20H23N2O2S+. The molecule has 0 saturated carbocycles. The maximum atomic E-state index is 13.0. The van der Waals surface area contributed by atoms with Gasteiger partial charge in [0.1, 0.15) is 11.4 Å². The molecule has 1 heterocycles. The van der Waals surface area contributed by atoms with Gasteiger partial charge in [-0.3, -0.25) is 4.48 Å². The molecule has 4 rings (SSSR count). The Morgan fingerprint density at radius 2 is 1.76 bits per heavy atom. The molecule has 5 heteroatoms. The minimum atomic E-state index is -3.51. The van der Waals surface area contributed by atoms with Crippen LogP contribution < -0.4 is 10.2 Å². The molecule has 1 atom stereocenters. The van der Waals surface area contributed by atoms with E-state index in [0.29, 0.717) is 14.3 Å². The van der Waals surface area contributed by atoms with Crippen molar-refractivity contribution in [3.05, 3.63) is 59.8 Å². The van der Waals surface area contributed by atoms with Crippen LogP contribution in [0.25, 0.3) is 5.57 Å². The SMILES string of the molecule is C[N+]1(C)C2=C(C[C@H](N)CC2)c2cc(S(=O)(=O)c3ccccc3)ccc21. The summed E-state index contributed by atoms with van der Waals surface area (Å²) in [6.07, 6.45) is 2.78. The van der Waals surface area contributed by atoms with Crippen LogP contribution >= 0.6 is 0 Å². The van der Waals surface area contributed by atoms with Crippen LogP contribution in [-0.2, 0) is 9.84 Å². The molecule has 130 valence electrons. The lowest BCUT2D eigenvalue weighted by molar-refractivity contribution is 0.453. The molecule has 0 bridgehead atoms. The smallest absolute Gasteiger partial charge is 0.206 e. The van der Waals surface area contributed by atoms with Crippen LogP contribution in [-0.4, -0.2) is 28.6 Å². The molecule has 2 N–H and O–H groups in total. The van der Waals surface area contributed by atoms with Crippen LogP contribution in [0.4, 0.5) is 5.69 Å². The van der Waals surface area contributed by atoms with Gasteiger partial charge >= 0.3 is 0 Å². The summed E-state index contributed by atoms with van der Waals surface area (Å²) in [4.78, 5) is 0.682. The van der Waals surface area contributed by atoms with Crippen LogP contribution in [0.5, 0.6) is 0 Å². The van der Waals surface area contributed by atoms with Crippen molar-refractivity contribution in [3.63, 3.8) is 0 Å². The maximum Gasteiger partial charge on any atom is 0.206 e. The van der Waals surface area contributed by atoms with Gasteiger partial charge in [-0.1, -0.05) is 18.2 Å². The van der Waals surface area contributed by atoms with Gasteiger partial charge in [0.25, 0.3) is 0 Å². The monoisotopic (exact) mass is 355 g/mol. The van der Waals surface area contributed by atoms with E-state index in [-0.39, 0.29) is 6.04 Å². The van der Waals surface area contributed by atoms with Crippen molar-refractivity contribution < 1.29 is 8.42 Å². The lowest BCUT2D eigenvalue weighted by Crippen LogP contribution is -2.39. The Morgan fingerprint density at radius 3 is 2.48 bits per heavy atom. The normalized spacial score (nSPS) is 21.8. The predicted octanol–water partition coefficient (Wildman–Crippen LogP) is 3.32. The Labute approximate surface area is 149 Å². The zero-order valence-electron chi connectivity index (χ0n) is 14.6. The van der Waals surface area contributed by atoms with Crippen LogP contribution in [0.15, 0.2) is 64.0 Å². The van der Waals surface area contributed by atoms with Gasteiger partial charge in [0, 0.05) is 29.7 Å². The molecule has 2 aromatic rings. The number of hydrogen-bond acceptors (Lipinski definition) is 3. The molecule has 0 saturated heterocycles. The molecule has 0 unspecified atom stereocenters. The topological polar surface area (TPSA) is 60.2 Å². The number of sulfone groups is 1. The fraction of sp³-hybridized carbons (Fsp3) is 0.300. The summed E-state index contributed by atoms with van der Waals surface area (Å²) < 4.78 is 26.6. The van der Waals surface area contributed by atoms with Gasteiger partial charge in [-0.05, 0) is 37.1 Å². The van der Waals surface area contributed by atoms with E-state index < -0.39 is 9.84 Å². The van der Waals surface area contributed by atoms with Gasteiger partial charge in [0.15, 0.2) is 0 Å². The highest BCUT2D eigenvalue weighted by atomic mass is 32.2.